The quantitative estimate of drug-likeness (QED) is 0.498. The Balaban J connectivity index is 2.61. The first-order valence-corrected chi connectivity index (χ1v) is 6.10. The van der Waals surface area contributed by atoms with E-state index in [-0.39, 0.29) is 17.3 Å². The third-order valence-corrected chi connectivity index (χ3v) is 3.08. The Morgan fingerprint density at radius 3 is 2.50 bits per heavy atom. The Labute approximate surface area is 100 Å². The molecule has 0 aliphatic carbocycles. The summed E-state index contributed by atoms with van der Waals surface area (Å²) >= 11 is 1.42. The molecular weight excluding hydrogens is 222 g/mol. The molecule has 1 rings (SSSR count). The number of nitrogens with two attached hydrogens (primary N) is 1. The van der Waals surface area contributed by atoms with Crippen molar-refractivity contribution in [2.45, 2.75) is 37.0 Å². The molecule has 0 saturated heterocycles. The van der Waals surface area contributed by atoms with Gasteiger partial charge in [-0.1, -0.05) is 12.1 Å². The van der Waals surface area contributed by atoms with E-state index in [1.165, 1.54) is 11.8 Å². The van der Waals surface area contributed by atoms with Gasteiger partial charge < -0.3 is 10.5 Å². The second-order valence-electron chi connectivity index (χ2n) is 3.78. The third kappa shape index (κ3) is 3.77. The van der Waals surface area contributed by atoms with E-state index in [0.29, 0.717) is 5.69 Å². The lowest BCUT2D eigenvalue weighted by Crippen LogP contribution is -2.20. The average molecular weight is 239 g/mol. The number of hydrogen-bond donors (Lipinski definition) is 1. The highest BCUT2D eigenvalue weighted by Gasteiger charge is 2.17. The van der Waals surface area contributed by atoms with Crippen LogP contribution in [0.4, 0.5) is 5.69 Å². The molecule has 0 amide bonds. The molecule has 0 aliphatic heterocycles. The average Bonchev–Trinajstić information content (AvgIpc) is 2.20. The number of anilines is 1. The maximum absolute atomic E-state index is 11.6. The number of ether oxygens (including phenoxy) is 1. The van der Waals surface area contributed by atoms with Crippen molar-refractivity contribution in [1.29, 1.82) is 0 Å². The van der Waals surface area contributed by atoms with Crippen molar-refractivity contribution in [1.82, 2.24) is 0 Å². The zero-order valence-electron chi connectivity index (χ0n) is 9.77. The lowest BCUT2D eigenvalue weighted by Gasteiger charge is -2.14. The van der Waals surface area contributed by atoms with Crippen LogP contribution >= 0.6 is 11.8 Å². The number of carbonyl (C=O) groups is 1. The molecule has 0 heterocycles. The first kappa shape index (κ1) is 12.9. The molecule has 1 aromatic rings. The molecule has 0 bridgehead atoms. The van der Waals surface area contributed by atoms with E-state index < -0.39 is 0 Å². The van der Waals surface area contributed by atoms with E-state index in [4.69, 9.17) is 10.5 Å². The Hall–Kier alpha value is -1.16. The van der Waals surface area contributed by atoms with Crippen LogP contribution in [0, 0.1) is 0 Å². The predicted octanol–water partition coefficient (Wildman–Crippen LogP) is 2.70. The van der Waals surface area contributed by atoms with E-state index in [1.54, 1.807) is 0 Å². The van der Waals surface area contributed by atoms with Crippen LogP contribution in [0.3, 0.4) is 0 Å². The summed E-state index contributed by atoms with van der Waals surface area (Å²) in [6.07, 6.45) is -0.0799. The van der Waals surface area contributed by atoms with Crippen molar-refractivity contribution >= 4 is 23.4 Å². The van der Waals surface area contributed by atoms with Crippen LogP contribution in [0.1, 0.15) is 20.8 Å². The zero-order valence-corrected chi connectivity index (χ0v) is 10.6. The van der Waals surface area contributed by atoms with Gasteiger partial charge in [-0.2, -0.15) is 0 Å². The molecule has 1 atom stereocenters. The fourth-order valence-corrected chi connectivity index (χ4v) is 2.05. The lowest BCUT2D eigenvalue weighted by molar-refractivity contribution is -0.146. The van der Waals surface area contributed by atoms with Crippen LogP contribution in [0.2, 0.25) is 0 Å². The highest BCUT2D eigenvalue weighted by Crippen LogP contribution is 2.28. The van der Waals surface area contributed by atoms with Crippen LogP contribution in [0.25, 0.3) is 0 Å². The largest absolute Gasteiger partial charge is 0.462 e. The van der Waals surface area contributed by atoms with Crippen molar-refractivity contribution in [2.75, 3.05) is 5.73 Å². The number of hydrogen-bond acceptors (Lipinski definition) is 4. The number of esters is 1. The third-order valence-electron chi connectivity index (χ3n) is 1.91. The molecule has 16 heavy (non-hydrogen) atoms. The number of benzene rings is 1. The van der Waals surface area contributed by atoms with Gasteiger partial charge in [-0.05, 0) is 32.9 Å². The van der Waals surface area contributed by atoms with Crippen molar-refractivity contribution in [3.05, 3.63) is 24.3 Å². The van der Waals surface area contributed by atoms with Gasteiger partial charge in [0.05, 0.1) is 6.10 Å². The van der Waals surface area contributed by atoms with Crippen LogP contribution in [0.15, 0.2) is 29.2 Å². The van der Waals surface area contributed by atoms with Gasteiger partial charge in [0.15, 0.2) is 0 Å². The van der Waals surface area contributed by atoms with Gasteiger partial charge in [0, 0.05) is 10.6 Å². The number of carbonyl (C=O) groups excluding carboxylic acids is 1. The van der Waals surface area contributed by atoms with Crippen molar-refractivity contribution < 1.29 is 9.53 Å². The molecule has 0 radical (unpaired) electrons. The summed E-state index contributed by atoms with van der Waals surface area (Å²) in [6, 6.07) is 7.50. The molecule has 1 unspecified atom stereocenters. The van der Waals surface area contributed by atoms with Gasteiger partial charge in [0.2, 0.25) is 0 Å². The summed E-state index contributed by atoms with van der Waals surface area (Å²) in [4.78, 5) is 12.5. The van der Waals surface area contributed by atoms with Gasteiger partial charge in [0.25, 0.3) is 0 Å². The van der Waals surface area contributed by atoms with Crippen molar-refractivity contribution in [2.24, 2.45) is 0 Å². The maximum Gasteiger partial charge on any atom is 0.319 e. The normalized spacial score (nSPS) is 12.5. The molecular formula is C12H17NO2S. The van der Waals surface area contributed by atoms with E-state index in [9.17, 15) is 4.79 Å². The molecule has 0 saturated carbocycles. The Kier molecular flexibility index (Phi) is 4.68. The maximum atomic E-state index is 11.6. The molecule has 0 aliphatic rings. The summed E-state index contributed by atoms with van der Waals surface area (Å²) in [5.74, 6) is -0.205. The van der Waals surface area contributed by atoms with E-state index >= 15 is 0 Å². The fourth-order valence-electron chi connectivity index (χ4n) is 1.15. The van der Waals surface area contributed by atoms with Gasteiger partial charge in [-0.15, -0.1) is 11.8 Å². The Morgan fingerprint density at radius 1 is 1.31 bits per heavy atom. The van der Waals surface area contributed by atoms with Gasteiger partial charge in [-0.3, -0.25) is 4.79 Å². The minimum atomic E-state index is -0.243. The summed E-state index contributed by atoms with van der Waals surface area (Å²) < 4.78 is 5.12. The fraction of sp³-hybridized carbons (Fsp3) is 0.417. The topological polar surface area (TPSA) is 52.3 Å². The molecule has 4 heteroatoms. The van der Waals surface area contributed by atoms with Crippen LogP contribution in [-0.4, -0.2) is 17.3 Å². The SMILES string of the molecule is CC(C)OC(=O)C(C)Sc1ccccc1N. The van der Waals surface area contributed by atoms with Gasteiger partial charge in [0.1, 0.15) is 5.25 Å². The van der Waals surface area contributed by atoms with Gasteiger partial charge in [-0.25, -0.2) is 0 Å². The Morgan fingerprint density at radius 2 is 1.94 bits per heavy atom. The summed E-state index contributed by atoms with van der Waals surface area (Å²) in [7, 11) is 0. The highest BCUT2D eigenvalue weighted by atomic mass is 32.2. The second kappa shape index (κ2) is 5.80. The monoisotopic (exact) mass is 239 g/mol. The molecule has 3 nitrogen and oxygen atoms in total. The molecule has 88 valence electrons. The van der Waals surface area contributed by atoms with E-state index in [1.807, 2.05) is 45.0 Å². The number of nitrogen functional groups attached to an aromatic ring is 1. The molecule has 0 aromatic heterocycles. The lowest BCUT2D eigenvalue weighted by atomic mass is 10.3. The second-order valence-corrected chi connectivity index (χ2v) is 5.17. The predicted molar refractivity (Wildman–Crippen MR) is 67.4 cm³/mol. The molecule has 1 aromatic carbocycles. The number of para-hydroxylation sites is 1. The van der Waals surface area contributed by atoms with Crippen molar-refractivity contribution in [3.8, 4) is 0 Å². The van der Waals surface area contributed by atoms with E-state index in [2.05, 4.69) is 0 Å². The Bertz CT molecular complexity index is 366. The van der Waals surface area contributed by atoms with Gasteiger partial charge >= 0.3 is 5.97 Å². The summed E-state index contributed by atoms with van der Waals surface area (Å²) in [6.45, 7) is 5.50. The summed E-state index contributed by atoms with van der Waals surface area (Å²) in [5.41, 5.74) is 6.49. The highest BCUT2D eigenvalue weighted by molar-refractivity contribution is 8.00. The minimum absolute atomic E-state index is 0.0799. The molecule has 2 N–H and O–H groups in total. The standard InChI is InChI=1S/C12H17NO2S/c1-8(2)15-12(14)9(3)16-11-7-5-4-6-10(11)13/h4-9H,13H2,1-3H3. The zero-order chi connectivity index (χ0) is 12.1. The molecule has 0 fully saturated rings. The van der Waals surface area contributed by atoms with Crippen molar-refractivity contribution in [3.63, 3.8) is 0 Å². The number of thioether (sulfide) groups is 1. The molecule has 0 spiro atoms. The van der Waals surface area contributed by atoms with Crippen LogP contribution < -0.4 is 5.73 Å². The smallest absolute Gasteiger partial charge is 0.319 e. The first-order valence-electron chi connectivity index (χ1n) is 5.22. The van der Waals surface area contributed by atoms with E-state index in [0.717, 1.165) is 4.90 Å². The first-order chi connectivity index (χ1) is 7.50. The van der Waals surface area contributed by atoms with Crippen LogP contribution in [0.5, 0.6) is 0 Å². The van der Waals surface area contributed by atoms with Crippen LogP contribution in [-0.2, 0) is 9.53 Å². The summed E-state index contributed by atoms with van der Waals surface area (Å²) in [5, 5.41) is -0.243. The minimum Gasteiger partial charge on any atom is -0.462 e. The number of rotatable bonds is 4.